The summed E-state index contributed by atoms with van der Waals surface area (Å²) in [5.74, 6) is 2.04. The van der Waals surface area contributed by atoms with E-state index in [0.29, 0.717) is 39.0 Å². The van der Waals surface area contributed by atoms with Crippen LogP contribution in [0, 0.1) is 5.92 Å². The predicted molar refractivity (Wildman–Crippen MR) is 126 cm³/mol. The number of hydrogen-bond acceptors (Lipinski definition) is 6. The molecule has 4 unspecified atom stereocenters. The van der Waals surface area contributed by atoms with E-state index in [1.807, 2.05) is 31.2 Å². The number of benzene rings is 2. The maximum atomic E-state index is 5.94. The van der Waals surface area contributed by atoms with Gasteiger partial charge in [0.25, 0.3) is 0 Å². The largest absolute Gasteiger partial charge is 0.493 e. The lowest BCUT2D eigenvalue weighted by Crippen LogP contribution is -2.21. The summed E-state index contributed by atoms with van der Waals surface area (Å²) in [5.41, 5.74) is 2.32. The second-order valence-corrected chi connectivity index (χ2v) is 9.60. The van der Waals surface area contributed by atoms with E-state index < -0.39 is 0 Å². The Morgan fingerprint density at radius 2 is 1.36 bits per heavy atom. The molecule has 0 saturated carbocycles. The molecule has 2 aliphatic heterocycles. The van der Waals surface area contributed by atoms with E-state index >= 15 is 0 Å². The minimum absolute atomic E-state index is 0.000320. The zero-order chi connectivity index (χ0) is 23.3. The molecule has 6 nitrogen and oxygen atoms in total. The molecule has 180 valence electrons. The smallest absolute Gasteiger partial charge is 0.181 e. The molecule has 0 aromatic heterocycles. The Morgan fingerprint density at radius 3 is 1.88 bits per heavy atom. The number of ether oxygens (including phenoxy) is 6. The van der Waals surface area contributed by atoms with Gasteiger partial charge in [0, 0.05) is 11.3 Å². The summed E-state index contributed by atoms with van der Waals surface area (Å²) in [7, 11) is 0. The molecule has 0 aliphatic carbocycles. The summed E-state index contributed by atoms with van der Waals surface area (Å²) < 4.78 is 33.3. The van der Waals surface area contributed by atoms with E-state index in [-0.39, 0.29) is 23.9 Å². The van der Waals surface area contributed by atoms with Gasteiger partial charge < -0.3 is 28.4 Å². The molecule has 0 bridgehead atoms. The molecule has 6 heteroatoms. The predicted octanol–water partition coefficient (Wildman–Crippen LogP) is 4.58. The topological polar surface area (TPSA) is 62.0 Å². The van der Waals surface area contributed by atoms with Crippen molar-refractivity contribution in [3.05, 3.63) is 59.7 Å². The molecule has 0 spiro atoms. The highest BCUT2D eigenvalue weighted by Crippen LogP contribution is 2.33. The third kappa shape index (κ3) is 7.44. The third-order valence-corrected chi connectivity index (χ3v) is 6.01. The highest BCUT2D eigenvalue weighted by Gasteiger charge is 2.25. The standard InChI is InChI=1S/C27H36O6/c1-19(14-32-26-18-33-26)13-29-23-9-5-21(6-10-23)27(3,4)22-7-11-24(12-8-22)30-15-20(2)28-16-25-17-31-25/h5-12,19-20,25-26H,13-18H2,1-4H3. The lowest BCUT2D eigenvalue weighted by Gasteiger charge is -2.26. The van der Waals surface area contributed by atoms with Gasteiger partial charge in [-0.2, -0.15) is 0 Å². The summed E-state index contributed by atoms with van der Waals surface area (Å²) in [6.45, 7) is 12.6. The Morgan fingerprint density at radius 1 is 0.818 bits per heavy atom. The van der Waals surface area contributed by atoms with Crippen molar-refractivity contribution >= 4 is 0 Å². The zero-order valence-electron chi connectivity index (χ0n) is 20.1. The van der Waals surface area contributed by atoms with Crippen LogP contribution in [0.15, 0.2) is 48.5 Å². The Labute approximate surface area is 197 Å². The minimum atomic E-state index is -0.136. The lowest BCUT2D eigenvalue weighted by molar-refractivity contribution is 0.0217. The van der Waals surface area contributed by atoms with Crippen LogP contribution in [0.4, 0.5) is 0 Å². The van der Waals surface area contributed by atoms with E-state index in [9.17, 15) is 0 Å². The van der Waals surface area contributed by atoms with Crippen LogP contribution in [-0.2, 0) is 24.4 Å². The lowest BCUT2D eigenvalue weighted by atomic mass is 9.78. The summed E-state index contributed by atoms with van der Waals surface area (Å²) >= 11 is 0. The molecule has 2 saturated heterocycles. The summed E-state index contributed by atoms with van der Waals surface area (Å²) in [4.78, 5) is 0. The van der Waals surface area contributed by atoms with Crippen molar-refractivity contribution in [2.75, 3.05) is 39.6 Å². The summed E-state index contributed by atoms with van der Waals surface area (Å²) in [6.07, 6.45) is 0.314. The quantitative estimate of drug-likeness (QED) is 0.388. The van der Waals surface area contributed by atoms with Gasteiger partial charge in [0.15, 0.2) is 6.29 Å². The molecule has 2 aromatic rings. The normalized spacial score (nSPS) is 21.3. The molecule has 0 amide bonds. The van der Waals surface area contributed by atoms with Crippen molar-refractivity contribution < 1.29 is 28.4 Å². The first-order valence-corrected chi connectivity index (χ1v) is 11.8. The number of hydrogen-bond donors (Lipinski definition) is 0. The molecule has 4 atom stereocenters. The van der Waals surface area contributed by atoms with Gasteiger partial charge in [-0.25, -0.2) is 0 Å². The highest BCUT2D eigenvalue weighted by molar-refractivity contribution is 5.41. The van der Waals surface area contributed by atoms with E-state index in [1.54, 1.807) is 0 Å². The van der Waals surface area contributed by atoms with Gasteiger partial charge in [-0.15, -0.1) is 0 Å². The average Bonchev–Trinajstić information content (AvgIpc) is 3.74. The molecule has 33 heavy (non-hydrogen) atoms. The van der Waals surface area contributed by atoms with Crippen molar-refractivity contribution in [3.63, 3.8) is 0 Å². The first-order chi connectivity index (χ1) is 15.9. The molecule has 2 heterocycles. The molecular weight excluding hydrogens is 420 g/mol. The summed E-state index contributed by atoms with van der Waals surface area (Å²) in [5, 5.41) is 0. The van der Waals surface area contributed by atoms with E-state index in [0.717, 1.165) is 18.1 Å². The van der Waals surface area contributed by atoms with Crippen molar-refractivity contribution in [1.82, 2.24) is 0 Å². The number of epoxide rings is 2. The second kappa shape index (κ2) is 10.9. The van der Waals surface area contributed by atoms with Crippen LogP contribution in [0.5, 0.6) is 11.5 Å². The third-order valence-electron chi connectivity index (χ3n) is 6.01. The van der Waals surface area contributed by atoms with Crippen molar-refractivity contribution in [3.8, 4) is 11.5 Å². The zero-order valence-corrected chi connectivity index (χ0v) is 20.1. The van der Waals surface area contributed by atoms with Crippen molar-refractivity contribution in [2.24, 2.45) is 5.92 Å². The fourth-order valence-corrected chi connectivity index (χ4v) is 3.49. The van der Waals surface area contributed by atoms with Crippen LogP contribution in [0.3, 0.4) is 0 Å². The minimum Gasteiger partial charge on any atom is -0.493 e. The van der Waals surface area contributed by atoms with Crippen molar-refractivity contribution in [2.45, 2.75) is 51.6 Å². The molecule has 2 aromatic carbocycles. The molecule has 2 fully saturated rings. The van der Waals surface area contributed by atoms with Gasteiger partial charge >= 0.3 is 0 Å². The SMILES string of the molecule is CC(COc1ccc(C(C)(C)c2ccc(OCC(C)OCC3CO3)cc2)cc1)COC1CO1. The Balaban J connectivity index is 1.25. The molecule has 2 aliphatic rings. The van der Waals surface area contributed by atoms with Crippen LogP contribution in [0.2, 0.25) is 0 Å². The molecule has 0 radical (unpaired) electrons. The first-order valence-electron chi connectivity index (χ1n) is 11.8. The van der Waals surface area contributed by atoms with Crippen LogP contribution < -0.4 is 9.47 Å². The van der Waals surface area contributed by atoms with E-state index in [1.165, 1.54) is 11.1 Å². The average molecular weight is 457 g/mol. The van der Waals surface area contributed by atoms with Crippen LogP contribution in [0.1, 0.15) is 38.8 Å². The van der Waals surface area contributed by atoms with Crippen LogP contribution in [0.25, 0.3) is 0 Å². The van der Waals surface area contributed by atoms with Crippen molar-refractivity contribution in [1.29, 1.82) is 0 Å². The van der Waals surface area contributed by atoms with Gasteiger partial charge in [-0.3, -0.25) is 0 Å². The maximum absolute atomic E-state index is 5.94. The Bertz CT molecular complexity index is 784. The fraction of sp³-hybridized carbons (Fsp3) is 0.556. The van der Waals surface area contributed by atoms with Crippen LogP contribution >= 0.6 is 0 Å². The van der Waals surface area contributed by atoms with Gasteiger partial charge in [-0.1, -0.05) is 45.0 Å². The van der Waals surface area contributed by atoms with Gasteiger partial charge in [0.05, 0.1) is 32.5 Å². The van der Waals surface area contributed by atoms with E-state index in [4.69, 9.17) is 28.4 Å². The first kappa shape index (κ1) is 24.0. The molecular formula is C27H36O6. The van der Waals surface area contributed by atoms with Crippen LogP contribution in [-0.4, -0.2) is 58.1 Å². The maximum Gasteiger partial charge on any atom is 0.181 e. The Kier molecular flexibility index (Phi) is 7.91. The van der Waals surface area contributed by atoms with Gasteiger partial charge in [-0.05, 0) is 42.3 Å². The Hall–Kier alpha value is -2.12. The highest BCUT2D eigenvalue weighted by atomic mass is 16.8. The monoisotopic (exact) mass is 456 g/mol. The van der Waals surface area contributed by atoms with Gasteiger partial charge in [0.2, 0.25) is 0 Å². The van der Waals surface area contributed by atoms with Gasteiger partial charge in [0.1, 0.15) is 30.8 Å². The second-order valence-electron chi connectivity index (χ2n) is 9.60. The van der Waals surface area contributed by atoms with E-state index in [2.05, 4.69) is 45.0 Å². The number of rotatable bonds is 14. The summed E-state index contributed by atoms with van der Waals surface area (Å²) in [6, 6.07) is 16.7. The fourth-order valence-electron chi connectivity index (χ4n) is 3.49. The molecule has 0 N–H and O–H groups in total. The molecule has 4 rings (SSSR count).